The molecule has 0 bridgehead atoms. The van der Waals surface area contributed by atoms with E-state index in [2.05, 4.69) is 5.32 Å². The fourth-order valence-electron chi connectivity index (χ4n) is 3.11. The molecular weight excluding hydrogens is 342 g/mol. The van der Waals surface area contributed by atoms with Gasteiger partial charge < -0.3 is 14.5 Å². The van der Waals surface area contributed by atoms with Crippen LogP contribution in [0, 0.1) is 6.92 Å². The van der Waals surface area contributed by atoms with Gasteiger partial charge in [0.2, 0.25) is 0 Å². The fraction of sp³-hybridized carbons (Fsp3) is 0.0909. The zero-order chi connectivity index (χ0) is 19.0. The van der Waals surface area contributed by atoms with Gasteiger partial charge in [0.25, 0.3) is 5.91 Å². The van der Waals surface area contributed by atoms with Gasteiger partial charge in [-0.05, 0) is 42.8 Å². The lowest BCUT2D eigenvalue weighted by Gasteiger charge is -2.01. The van der Waals surface area contributed by atoms with E-state index in [1.165, 1.54) is 7.11 Å². The lowest BCUT2D eigenvalue weighted by Crippen LogP contribution is -2.03. The van der Waals surface area contributed by atoms with Crippen LogP contribution in [0.4, 0.5) is 5.69 Å². The van der Waals surface area contributed by atoms with Crippen LogP contribution in [0.1, 0.15) is 27.2 Å². The monoisotopic (exact) mass is 359 g/mol. The van der Waals surface area contributed by atoms with Crippen molar-refractivity contribution in [2.24, 2.45) is 0 Å². The molecule has 0 saturated heterocycles. The van der Waals surface area contributed by atoms with Crippen molar-refractivity contribution < 1.29 is 18.7 Å². The minimum Gasteiger partial charge on any atom is -0.465 e. The minimum atomic E-state index is -0.401. The molecule has 0 atom stereocenters. The largest absolute Gasteiger partial charge is 0.465 e. The number of rotatable bonds is 3. The second-order valence-corrected chi connectivity index (χ2v) is 6.29. The third-order valence-electron chi connectivity index (χ3n) is 4.51. The maximum Gasteiger partial charge on any atom is 0.337 e. The van der Waals surface area contributed by atoms with E-state index in [4.69, 9.17) is 9.15 Å². The highest BCUT2D eigenvalue weighted by atomic mass is 16.5. The summed E-state index contributed by atoms with van der Waals surface area (Å²) >= 11 is 0. The molecule has 1 amide bonds. The summed E-state index contributed by atoms with van der Waals surface area (Å²) in [6.45, 7) is 1.92. The molecule has 134 valence electrons. The molecule has 5 heteroatoms. The molecule has 0 spiro atoms. The highest BCUT2D eigenvalue weighted by Crippen LogP contribution is 2.35. The maximum absolute atomic E-state index is 12.3. The quantitative estimate of drug-likeness (QED) is 0.551. The number of methoxy groups -OCH3 is 1. The fourth-order valence-corrected chi connectivity index (χ4v) is 3.11. The summed E-state index contributed by atoms with van der Waals surface area (Å²) in [5, 5.41) is 2.85. The predicted octanol–water partition coefficient (Wildman–Crippen LogP) is 4.53. The van der Waals surface area contributed by atoms with Crippen LogP contribution >= 0.6 is 0 Å². The van der Waals surface area contributed by atoms with E-state index in [-0.39, 0.29) is 5.91 Å². The van der Waals surface area contributed by atoms with Gasteiger partial charge >= 0.3 is 5.97 Å². The molecule has 2 heterocycles. The Labute approximate surface area is 156 Å². The molecule has 5 nitrogen and oxygen atoms in total. The number of para-hydroxylation sites is 1. The summed E-state index contributed by atoms with van der Waals surface area (Å²) in [6.07, 6.45) is 1.75. The second-order valence-electron chi connectivity index (χ2n) is 6.29. The Morgan fingerprint density at radius 2 is 1.93 bits per heavy atom. The van der Waals surface area contributed by atoms with Crippen molar-refractivity contribution in [1.29, 1.82) is 0 Å². The Bertz CT molecular complexity index is 1090. The van der Waals surface area contributed by atoms with Crippen molar-refractivity contribution in [1.82, 2.24) is 0 Å². The van der Waals surface area contributed by atoms with Crippen molar-refractivity contribution >= 4 is 29.2 Å². The van der Waals surface area contributed by atoms with Gasteiger partial charge in [-0.2, -0.15) is 0 Å². The minimum absolute atomic E-state index is 0.152. The van der Waals surface area contributed by atoms with E-state index < -0.39 is 5.97 Å². The first-order valence-electron chi connectivity index (χ1n) is 8.48. The smallest absolute Gasteiger partial charge is 0.337 e. The summed E-state index contributed by atoms with van der Waals surface area (Å²) in [5.41, 5.74) is 4.34. The average molecular weight is 359 g/mol. The third-order valence-corrected chi connectivity index (χ3v) is 4.51. The molecule has 1 aliphatic rings. The van der Waals surface area contributed by atoms with Crippen molar-refractivity contribution in [3.05, 3.63) is 77.0 Å². The van der Waals surface area contributed by atoms with E-state index in [0.717, 1.165) is 22.4 Å². The number of benzene rings is 2. The number of hydrogen-bond acceptors (Lipinski definition) is 4. The summed E-state index contributed by atoms with van der Waals surface area (Å²) in [6, 6.07) is 16.5. The van der Waals surface area contributed by atoms with Gasteiger partial charge in [-0.1, -0.05) is 30.3 Å². The van der Waals surface area contributed by atoms with E-state index in [9.17, 15) is 9.59 Å². The lowest BCUT2D eigenvalue weighted by atomic mass is 10.1. The van der Waals surface area contributed by atoms with Gasteiger partial charge in [-0.15, -0.1) is 0 Å². The Balaban J connectivity index is 1.73. The molecule has 1 aliphatic heterocycles. The zero-order valence-electron chi connectivity index (χ0n) is 14.9. The number of amides is 1. The first-order chi connectivity index (χ1) is 13.1. The number of carbonyl (C=O) groups excluding carboxylic acids is 2. The number of anilines is 1. The number of nitrogens with one attached hydrogen (secondary N) is 1. The van der Waals surface area contributed by atoms with Gasteiger partial charge in [0.1, 0.15) is 11.5 Å². The number of furan rings is 1. The topological polar surface area (TPSA) is 68.5 Å². The highest BCUT2D eigenvalue weighted by molar-refractivity contribution is 6.34. The van der Waals surface area contributed by atoms with Crippen LogP contribution in [0.15, 0.2) is 59.0 Å². The predicted molar refractivity (Wildman–Crippen MR) is 103 cm³/mol. The van der Waals surface area contributed by atoms with Gasteiger partial charge in [0.05, 0.1) is 18.2 Å². The van der Waals surface area contributed by atoms with Crippen LogP contribution in [0.25, 0.3) is 23.0 Å². The van der Waals surface area contributed by atoms with Crippen molar-refractivity contribution in [2.75, 3.05) is 12.4 Å². The first-order valence-corrected chi connectivity index (χ1v) is 8.48. The van der Waals surface area contributed by atoms with Crippen LogP contribution in [-0.4, -0.2) is 19.0 Å². The number of carbonyl (C=O) groups is 2. The molecule has 0 aliphatic carbocycles. The van der Waals surface area contributed by atoms with E-state index >= 15 is 0 Å². The third kappa shape index (κ3) is 3.04. The Hall–Kier alpha value is -3.60. The van der Waals surface area contributed by atoms with Crippen molar-refractivity contribution in [3.8, 4) is 11.3 Å². The molecule has 27 heavy (non-hydrogen) atoms. The average Bonchev–Trinajstić information content (AvgIpc) is 3.21. The van der Waals surface area contributed by atoms with Crippen LogP contribution in [0.2, 0.25) is 0 Å². The number of fused-ring (bicyclic) bond motifs is 1. The van der Waals surface area contributed by atoms with Crippen LogP contribution in [0.3, 0.4) is 0 Å². The number of hydrogen-bond donors (Lipinski definition) is 1. The van der Waals surface area contributed by atoms with E-state index in [1.807, 2.05) is 43.3 Å². The first kappa shape index (κ1) is 16.8. The standard InChI is InChI=1S/C22H17NO4/c1-13-10-20(14-6-5-7-15(11-14)22(25)26-2)27-19(13)12-17-16-8-3-4-9-18(16)23-21(17)24/h3-12H,1-2H3,(H,23,24)/b17-12-. The lowest BCUT2D eigenvalue weighted by molar-refractivity contribution is -0.110. The summed E-state index contributed by atoms with van der Waals surface area (Å²) in [5.74, 6) is 0.676. The molecule has 0 unspecified atom stereocenters. The molecule has 4 rings (SSSR count). The van der Waals surface area contributed by atoms with Crippen LogP contribution in [-0.2, 0) is 9.53 Å². The molecule has 3 aromatic rings. The van der Waals surface area contributed by atoms with E-state index in [1.54, 1.807) is 24.3 Å². The van der Waals surface area contributed by atoms with Gasteiger partial charge in [0.15, 0.2) is 0 Å². The molecule has 0 saturated carbocycles. The van der Waals surface area contributed by atoms with Crippen molar-refractivity contribution in [2.45, 2.75) is 6.92 Å². The van der Waals surface area contributed by atoms with Gasteiger partial charge in [-0.3, -0.25) is 4.79 Å². The Morgan fingerprint density at radius 1 is 1.11 bits per heavy atom. The summed E-state index contributed by atoms with van der Waals surface area (Å²) in [4.78, 5) is 24.0. The van der Waals surface area contributed by atoms with Crippen LogP contribution in [0.5, 0.6) is 0 Å². The molecule has 2 aromatic carbocycles. The molecule has 1 aromatic heterocycles. The van der Waals surface area contributed by atoms with E-state index in [0.29, 0.717) is 22.7 Å². The van der Waals surface area contributed by atoms with Crippen molar-refractivity contribution in [3.63, 3.8) is 0 Å². The summed E-state index contributed by atoms with van der Waals surface area (Å²) < 4.78 is 10.8. The Morgan fingerprint density at radius 3 is 2.74 bits per heavy atom. The molecular formula is C22H17NO4. The normalized spacial score (nSPS) is 14.1. The zero-order valence-corrected chi connectivity index (χ0v) is 14.9. The molecule has 1 N–H and O–H groups in total. The molecule has 0 fully saturated rings. The van der Waals surface area contributed by atoms with Gasteiger partial charge in [-0.25, -0.2) is 4.79 Å². The highest BCUT2D eigenvalue weighted by Gasteiger charge is 2.24. The summed E-state index contributed by atoms with van der Waals surface area (Å²) in [7, 11) is 1.35. The van der Waals surface area contributed by atoms with Gasteiger partial charge in [0, 0.05) is 16.8 Å². The number of aryl methyl sites for hydroxylation is 1. The Kier molecular flexibility index (Phi) is 4.12. The number of ether oxygens (including phenoxy) is 1. The second kappa shape index (κ2) is 6.61. The van der Waals surface area contributed by atoms with Crippen LogP contribution < -0.4 is 5.32 Å². The SMILES string of the molecule is COC(=O)c1cccc(-c2cc(C)c(/C=C3\C(=O)Nc4ccccc43)o2)c1. The molecule has 0 radical (unpaired) electrons. The number of esters is 1. The maximum atomic E-state index is 12.3.